The molecule has 2 aromatic rings. The number of aliphatic hydroxyl groups is 1. The molecule has 19 heavy (non-hydrogen) atoms. The van der Waals surface area contributed by atoms with Crippen LogP contribution in [0.15, 0.2) is 22.7 Å². The first-order valence-electron chi connectivity index (χ1n) is 5.84. The molecule has 1 aliphatic heterocycles. The van der Waals surface area contributed by atoms with E-state index in [0.29, 0.717) is 30.2 Å². The molecule has 5 nitrogen and oxygen atoms in total. The Morgan fingerprint density at radius 3 is 3.00 bits per heavy atom. The second-order valence-electron chi connectivity index (χ2n) is 4.43. The maximum absolute atomic E-state index is 13.0. The molecule has 7 heteroatoms. The number of benzene rings is 1. The van der Waals surface area contributed by atoms with E-state index in [-0.39, 0.29) is 11.1 Å². The fourth-order valence-corrected chi connectivity index (χ4v) is 2.31. The van der Waals surface area contributed by atoms with E-state index in [1.807, 2.05) is 0 Å². The minimum Gasteiger partial charge on any atom is -0.392 e. The third-order valence-corrected chi connectivity index (χ3v) is 3.33. The third-order valence-electron chi connectivity index (χ3n) is 3.02. The second kappa shape index (κ2) is 4.88. The number of hydrogen-bond donors (Lipinski definition) is 2. The summed E-state index contributed by atoms with van der Waals surface area (Å²) in [5.74, 6) is 0.285. The summed E-state index contributed by atoms with van der Waals surface area (Å²) in [6, 6.07) is 3.83. The lowest BCUT2D eigenvalue weighted by atomic mass is 10.2. The maximum atomic E-state index is 13.0. The van der Waals surface area contributed by atoms with Gasteiger partial charge in [0.2, 0.25) is 11.7 Å². The van der Waals surface area contributed by atoms with Gasteiger partial charge in [-0.3, -0.25) is 0 Å². The Bertz CT molecular complexity index is 604. The van der Waals surface area contributed by atoms with Gasteiger partial charge in [0.05, 0.1) is 17.2 Å². The van der Waals surface area contributed by atoms with Crippen LogP contribution in [0.1, 0.15) is 18.4 Å². The van der Waals surface area contributed by atoms with Crippen LogP contribution in [0.4, 0.5) is 4.39 Å². The Morgan fingerprint density at radius 2 is 2.32 bits per heavy atom. The van der Waals surface area contributed by atoms with Gasteiger partial charge in [-0.2, -0.15) is 4.98 Å². The Hall–Kier alpha value is -1.50. The molecule has 1 aromatic heterocycles. The average Bonchev–Trinajstić information content (AvgIpc) is 2.97. The Labute approximate surface area is 113 Å². The van der Waals surface area contributed by atoms with Gasteiger partial charge in [0.15, 0.2) is 0 Å². The molecule has 1 aliphatic rings. The molecule has 0 spiro atoms. The van der Waals surface area contributed by atoms with E-state index in [1.54, 1.807) is 0 Å². The van der Waals surface area contributed by atoms with Crippen LogP contribution in [0.25, 0.3) is 11.4 Å². The van der Waals surface area contributed by atoms with Crippen molar-refractivity contribution in [2.24, 2.45) is 0 Å². The number of halogens is 2. The van der Waals surface area contributed by atoms with Gasteiger partial charge >= 0.3 is 0 Å². The Morgan fingerprint density at radius 1 is 1.47 bits per heavy atom. The normalized spacial score (nSPS) is 22.9. The molecule has 1 aromatic carbocycles. The van der Waals surface area contributed by atoms with Gasteiger partial charge in [-0.15, -0.1) is 0 Å². The average molecular weight is 284 g/mol. The molecule has 3 rings (SSSR count). The highest BCUT2D eigenvalue weighted by Crippen LogP contribution is 2.28. The first-order valence-corrected chi connectivity index (χ1v) is 6.22. The molecular weight excluding hydrogens is 273 g/mol. The van der Waals surface area contributed by atoms with E-state index in [9.17, 15) is 9.50 Å². The Balaban J connectivity index is 1.88. The first kappa shape index (κ1) is 12.5. The van der Waals surface area contributed by atoms with E-state index in [1.165, 1.54) is 18.2 Å². The fourth-order valence-electron chi connectivity index (χ4n) is 2.06. The monoisotopic (exact) mass is 283 g/mol. The predicted molar refractivity (Wildman–Crippen MR) is 66.1 cm³/mol. The van der Waals surface area contributed by atoms with Crippen LogP contribution < -0.4 is 5.32 Å². The van der Waals surface area contributed by atoms with E-state index in [4.69, 9.17) is 16.1 Å². The quantitative estimate of drug-likeness (QED) is 0.881. The lowest BCUT2D eigenvalue weighted by Gasteiger charge is -2.01. The van der Waals surface area contributed by atoms with Crippen molar-refractivity contribution in [2.75, 3.05) is 6.54 Å². The summed E-state index contributed by atoms with van der Waals surface area (Å²) in [6.07, 6.45) is 0.119. The summed E-state index contributed by atoms with van der Waals surface area (Å²) in [5, 5.41) is 16.6. The SMILES string of the molecule is OC1CNC(c2nc(-c3ccc(F)cc3Cl)no2)C1. The molecular formula is C12H11ClFN3O2. The number of nitrogens with one attached hydrogen (secondary N) is 1. The summed E-state index contributed by atoms with van der Waals surface area (Å²) < 4.78 is 18.1. The van der Waals surface area contributed by atoms with Crippen LogP contribution in [-0.4, -0.2) is 27.9 Å². The van der Waals surface area contributed by atoms with Crippen LogP contribution in [0.5, 0.6) is 0 Å². The van der Waals surface area contributed by atoms with Crippen molar-refractivity contribution in [1.29, 1.82) is 0 Å². The highest BCUT2D eigenvalue weighted by Gasteiger charge is 2.28. The van der Waals surface area contributed by atoms with Gasteiger partial charge in [0, 0.05) is 12.1 Å². The van der Waals surface area contributed by atoms with Crippen molar-refractivity contribution in [1.82, 2.24) is 15.5 Å². The zero-order valence-corrected chi connectivity index (χ0v) is 10.6. The largest absolute Gasteiger partial charge is 0.392 e. The van der Waals surface area contributed by atoms with Gasteiger partial charge < -0.3 is 14.9 Å². The summed E-state index contributed by atoms with van der Waals surface area (Å²) in [6.45, 7) is 0.500. The summed E-state index contributed by atoms with van der Waals surface area (Å²) in [7, 11) is 0. The number of nitrogens with zero attached hydrogens (tertiary/aromatic N) is 2. The van der Waals surface area contributed by atoms with Gasteiger partial charge in [0.25, 0.3) is 0 Å². The number of β-amino-alcohol motifs (C(OH)–C–C–N with tert-alkyl or cyclic N) is 1. The van der Waals surface area contributed by atoms with Gasteiger partial charge in [-0.25, -0.2) is 4.39 Å². The van der Waals surface area contributed by atoms with Crippen molar-refractivity contribution in [2.45, 2.75) is 18.6 Å². The zero-order valence-electron chi connectivity index (χ0n) is 9.81. The van der Waals surface area contributed by atoms with Crippen LogP contribution in [0.3, 0.4) is 0 Å². The minimum atomic E-state index is -0.418. The molecule has 2 atom stereocenters. The zero-order chi connectivity index (χ0) is 13.4. The van der Waals surface area contributed by atoms with E-state index in [2.05, 4.69) is 15.5 Å². The van der Waals surface area contributed by atoms with Crippen molar-refractivity contribution < 1.29 is 14.0 Å². The number of aromatic nitrogens is 2. The maximum Gasteiger partial charge on any atom is 0.244 e. The van der Waals surface area contributed by atoms with Crippen LogP contribution in [0, 0.1) is 5.82 Å². The molecule has 2 heterocycles. The first-order chi connectivity index (χ1) is 9.13. The molecule has 0 aliphatic carbocycles. The molecule has 2 N–H and O–H groups in total. The molecule has 0 bridgehead atoms. The summed E-state index contributed by atoms with van der Waals surface area (Å²) in [5.41, 5.74) is 0.511. The lowest BCUT2D eigenvalue weighted by Crippen LogP contribution is -2.15. The molecule has 0 amide bonds. The molecule has 2 unspecified atom stereocenters. The molecule has 1 fully saturated rings. The molecule has 1 saturated heterocycles. The molecule has 100 valence electrons. The second-order valence-corrected chi connectivity index (χ2v) is 4.84. The number of rotatable bonds is 2. The standard InChI is InChI=1S/C12H11ClFN3O2/c13-9-3-6(14)1-2-8(9)11-16-12(19-17-11)10-4-7(18)5-15-10/h1-3,7,10,15,18H,4-5H2. The highest BCUT2D eigenvalue weighted by molar-refractivity contribution is 6.33. The fraction of sp³-hybridized carbons (Fsp3) is 0.333. The van der Waals surface area contributed by atoms with Crippen LogP contribution in [-0.2, 0) is 0 Å². The summed E-state index contributed by atoms with van der Waals surface area (Å²) in [4.78, 5) is 4.23. The minimum absolute atomic E-state index is 0.157. The van der Waals surface area contributed by atoms with Gasteiger partial charge in [0.1, 0.15) is 5.82 Å². The lowest BCUT2D eigenvalue weighted by molar-refractivity contribution is 0.191. The molecule has 0 radical (unpaired) electrons. The van der Waals surface area contributed by atoms with Crippen LogP contribution >= 0.6 is 11.6 Å². The highest BCUT2D eigenvalue weighted by atomic mass is 35.5. The number of hydrogen-bond acceptors (Lipinski definition) is 5. The van der Waals surface area contributed by atoms with Gasteiger partial charge in [-0.05, 0) is 24.6 Å². The van der Waals surface area contributed by atoms with Gasteiger partial charge in [-0.1, -0.05) is 16.8 Å². The van der Waals surface area contributed by atoms with Crippen molar-refractivity contribution in [3.63, 3.8) is 0 Å². The topological polar surface area (TPSA) is 71.2 Å². The summed E-state index contributed by atoms with van der Waals surface area (Å²) >= 11 is 5.94. The van der Waals surface area contributed by atoms with Crippen LogP contribution in [0.2, 0.25) is 5.02 Å². The van der Waals surface area contributed by atoms with Crippen molar-refractivity contribution in [3.8, 4) is 11.4 Å². The smallest absolute Gasteiger partial charge is 0.244 e. The van der Waals surface area contributed by atoms with Crippen molar-refractivity contribution >= 4 is 11.6 Å². The number of aliphatic hydroxyl groups excluding tert-OH is 1. The Kier molecular flexibility index (Phi) is 3.22. The van der Waals surface area contributed by atoms with E-state index in [0.717, 1.165) is 0 Å². The molecule has 0 saturated carbocycles. The third kappa shape index (κ3) is 2.47. The predicted octanol–water partition coefficient (Wildman–Crippen LogP) is 1.92. The van der Waals surface area contributed by atoms with E-state index < -0.39 is 11.9 Å². The van der Waals surface area contributed by atoms with E-state index >= 15 is 0 Å². The van der Waals surface area contributed by atoms with Crippen molar-refractivity contribution in [3.05, 3.63) is 34.9 Å².